The molecule has 1 atom stereocenters. The Morgan fingerprint density at radius 1 is 1.32 bits per heavy atom. The molecule has 22 heavy (non-hydrogen) atoms. The fraction of sp³-hybridized carbons (Fsp3) is 0.176. The number of nitrogens with one attached hydrogen (secondary N) is 1. The van der Waals surface area contributed by atoms with Gasteiger partial charge in [0.1, 0.15) is 0 Å². The lowest BCUT2D eigenvalue weighted by molar-refractivity contribution is -0.128. The van der Waals surface area contributed by atoms with Crippen LogP contribution in [0.2, 0.25) is 0 Å². The Morgan fingerprint density at radius 2 is 2.05 bits per heavy atom. The molecule has 1 N–H and O–H groups in total. The topological polar surface area (TPSA) is 68.5 Å². The van der Waals surface area contributed by atoms with Gasteiger partial charge in [-0.05, 0) is 18.6 Å². The summed E-state index contributed by atoms with van der Waals surface area (Å²) in [5.74, 6) is -0.985. The zero-order valence-electron chi connectivity index (χ0n) is 12.2. The molecule has 0 aliphatic carbocycles. The molecule has 0 saturated carbocycles. The van der Waals surface area contributed by atoms with E-state index in [1.54, 1.807) is 12.1 Å². The normalized spacial score (nSPS) is 11.5. The first-order valence-electron chi connectivity index (χ1n) is 6.86. The molecule has 114 valence electrons. The quantitative estimate of drug-likeness (QED) is 0.658. The van der Waals surface area contributed by atoms with Gasteiger partial charge in [0, 0.05) is 12.1 Å². The number of hydrogen-bond acceptors (Lipinski definition) is 4. The lowest BCUT2D eigenvalue weighted by Gasteiger charge is -2.12. The van der Waals surface area contributed by atoms with Gasteiger partial charge in [0.2, 0.25) is 5.76 Å². The van der Waals surface area contributed by atoms with E-state index in [0.717, 1.165) is 5.56 Å². The third kappa shape index (κ3) is 3.63. The molecule has 5 nitrogen and oxygen atoms in total. The Balaban J connectivity index is 2.10. The van der Waals surface area contributed by atoms with E-state index in [2.05, 4.69) is 11.9 Å². The average molecular weight is 299 g/mol. The summed E-state index contributed by atoms with van der Waals surface area (Å²) in [7, 11) is 0. The van der Waals surface area contributed by atoms with Crippen molar-refractivity contribution < 1.29 is 18.7 Å². The smallest absolute Gasteiger partial charge is 0.375 e. The standard InChI is InChI=1S/C17H17NO4/c1-3-10-18-16(19)12(2)22-17(20)15-14(9-11-21-15)13-7-5-4-6-8-13/h3-9,11-12H,1,10H2,2H3,(H,18,19). The maximum Gasteiger partial charge on any atom is 0.375 e. The molecule has 0 saturated heterocycles. The van der Waals surface area contributed by atoms with E-state index in [1.807, 2.05) is 30.3 Å². The van der Waals surface area contributed by atoms with Crippen molar-refractivity contribution in [3.8, 4) is 11.1 Å². The predicted molar refractivity (Wildman–Crippen MR) is 82.2 cm³/mol. The van der Waals surface area contributed by atoms with Crippen LogP contribution in [0.3, 0.4) is 0 Å². The van der Waals surface area contributed by atoms with Crippen LogP contribution in [0.4, 0.5) is 0 Å². The van der Waals surface area contributed by atoms with Crippen LogP contribution < -0.4 is 5.32 Å². The third-order valence-corrected chi connectivity index (χ3v) is 3.01. The fourth-order valence-electron chi connectivity index (χ4n) is 1.90. The predicted octanol–water partition coefficient (Wildman–Crippen LogP) is 2.79. The van der Waals surface area contributed by atoms with E-state index in [1.165, 1.54) is 13.2 Å². The van der Waals surface area contributed by atoms with E-state index in [0.29, 0.717) is 12.1 Å². The summed E-state index contributed by atoms with van der Waals surface area (Å²) >= 11 is 0. The summed E-state index contributed by atoms with van der Waals surface area (Å²) < 4.78 is 10.4. The van der Waals surface area contributed by atoms with Gasteiger partial charge in [-0.25, -0.2) is 4.79 Å². The largest absolute Gasteiger partial charge is 0.457 e. The van der Waals surface area contributed by atoms with E-state index < -0.39 is 12.1 Å². The average Bonchev–Trinajstić information content (AvgIpc) is 3.03. The van der Waals surface area contributed by atoms with Gasteiger partial charge in [-0.3, -0.25) is 4.79 Å². The van der Waals surface area contributed by atoms with Gasteiger partial charge in [-0.1, -0.05) is 36.4 Å². The number of amides is 1. The summed E-state index contributed by atoms with van der Waals surface area (Å²) in [6.45, 7) is 5.32. The molecule has 1 aromatic heterocycles. The Kier molecular flexibility index (Phi) is 5.14. The van der Waals surface area contributed by atoms with Crippen molar-refractivity contribution in [1.82, 2.24) is 5.32 Å². The molecule has 1 heterocycles. The molecule has 0 spiro atoms. The number of carbonyl (C=O) groups is 2. The maximum absolute atomic E-state index is 12.2. The number of carbonyl (C=O) groups excluding carboxylic acids is 2. The highest BCUT2D eigenvalue weighted by Gasteiger charge is 2.23. The lowest BCUT2D eigenvalue weighted by Crippen LogP contribution is -2.35. The van der Waals surface area contributed by atoms with Gasteiger partial charge in [0.05, 0.1) is 6.26 Å². The van der Waals surface area contributed by atoms with Crippen LogP contribution in [-0.4, -0.2) is 24.5 Å². The summed E-state index contributed by atoms with van der Waals surface area (Å²) in [6.07, 6.45) is 2.05. The first kappa shape index (κ1) is 15.6. The molecule has 2 aromatic rings. The monoisotopic (exact) mass is 299 g/mol. The van der Waals surface area contributed by atoms with Crippen LogP contribution >= 0.6 is 0 Å². The minimum Gasteiger partial charge on any atom is -0.457 e. The SMILES string of the molecule is C=CCNC(=O)C(C)OC(=O)c1occc1-c1ccccc1. The van der Waals surface area contributed by atoms with E-state index >= 15 is 0 Å². The molecular weight excluding hydrogens is 282 g/mol. The second kappa shape index (κ2) is 7.26. The zero-order valence-corrected chi connectivity index (χ0v) is 12.2. The summed E-state index contributed by atoms with van der Waals surface area (Å²) in [4.78, 5) is 23.9. The maximum atomic E-state index is 12.2. The first-order chi connectivity index (χ1) is 10.6. The molecule has 0 fully saturated rings. The van der Waals surface area contributed by atoms with Crippen LogP contribution in [-0.2, 0) is 9.53 Å². The molecule has 0 radical (unpaired) electrons. The highest BCUT2D eigenvalue weighted by molar-refractivity contribution is 5.96. The molecule has 1 amide bonds. The van der Waals surface area contributed by atoms with Crippen molar-refractivity contribution >= 4 is 11.9 Å². The van der Waals surface area contributed by atoms with Gasteiger partial charge in [-0.15, -0.1) is 6.58 Å². The second-order valence-electron chi connectivity index (χ2n) is 4.61. The number of hydrogen-bond donors (Lipinski definition) is 1. The first-order valence-corrected chi connectivity index (χ1v) is 6.86. The third-order valence-electron chi connectivity index (χ3n) is 3.01. The van der Waals surface area contributed by atoms with Gasteiger partial charge in [-0.2, -0.15) is 0 Å². The molecule has 0 bridgehead atoms. The number of rotatable bonds is 6. The Labute approximate surface area is 128 Å². The molecule has 1 unspecified atom stereocenters. The van der Waals surface area contributed by atoms with Gasteiger partial charge in [0.25, 0.3) is 5.91 Å². The molecule has 0 aliphatic heterocycles. The van der Waals surface area contributed by atoms with Crippen molar-refractivity contribution in [1.29, 1.82) is 0 Å². The molecule has 1 aromatic carbocycles. The molecule has 0 aliphatic rings. The number of furan rings is 1. The van der Waals surface area contributed by atoms with Crippen molar-refractivity contribution in [2.75, 3.05) is 6.54 Å². The van der Waals surface area contributed by atoms with Gasteiger partial charge < -0.3 is 14.5 Å². The van der Waals surface area contributed by atoms with Crippen LogP contribution in [0.25, 0.3) is 11.1 Å². The van der Waals surface area contributed by atoms with Crippen LogP contribution in [0, 0.1) is 0 Å². The Hall–Kier alpha value is -2.82. The van der Waals surface area contributed by atoms with Crippen molar-refractivity contribution in [3.63, 3.8) is 0 Å². The molecule has 5 heteroatoms. The Morgan fingerprint density at radius 3 is 2.73 bits per heavy atom. The highest BCUT2D eigenvalue weighted by Crippen LogP contribution is 2.25. The fourth-order valence-corrected chi connectivity index (χ4v) is 1.90. The van der Waals surface area contributed by atoms with Crippen molar-refractivity contribution in [3.05, 3.63) is 61.1 Å². The summed E-state index contributed by atoms with van der Waals surface area (Å²) in [5.41, 5.74) is 1.47. The summed E-state index contributed by atoms with van der Waals surface area (Å²) in [5, 5.41) is 2.56. The molecular formula is C17H17NO4. The summed E-state index contributed by atoms with van der Waals surface area (Å²) in [6, 6.07) is 11.0. The lowest BCUT2D eigenvalue weighted by atomic mass is 10.1. The van der Waals surface area contributed by atoms with Crippen molar-refractivity contribution in [2.45, 2.75) is 13.0 Å². The van der Waals surface area contributed by atoms with Crippen LogP contribution in [0.1, 0.15) is 17.5 Å². The number of esters is 1. The van der Waals surface area contributed by atoms with Gasteiger partial charge in [0.15, 0.2) is 6.10 Å². The second-order valence-corrected chi connectivity index (χ2v) is 4.61. The van der Waals surface area contributed by atoms with E-state index in [4.69, 9.17) is 9.15 Å². The number of ether oxygens (including phenoxy) is 1. The minimum atomic E-state index is -0.916. The minimum absolute atomic E-state index is 0.0783. The van der Waals surface area contributed by atoms with E-state index in [-0.39, 0.29) is 11.7 Å². The zero-order chi connectivity index (χ0) is 15.9. The Bertz CT molecular complexity index is 660. The molecule has 2 rings (SSSR count). The van der Waals surface area contributed by atoms with Gasteiger partial charge >= 0.3 is 5.97 Å². The van der Waals surface area contributed by atoms with E-state index in [9.17, 15) is 9.59 Å². The number of benzene rings is 1. The highest BCUT2D eigenvalue weighted by atomic mass is 16.6. The van der Waals surface area contributed by atoms with Crippen molar-refractivity contribution in [2.24, 2.45) is 0 Å². The van der Waals surface area contributed by atoms with Crippen LogP contribution in [0.5, 0.6) is 0 Å². The van der Waals surface area contributed by atoms with Crippen LogP contribution in [0.15, 0.2) is 59.7 Å².